The van der Waals surface area contributed by atoms with Gasteiger partial charge in [-0.2, -0.15) is 0 Å². The van der Waals surface area contributed by atoms with Crippen molar-refractivity contribution in [1.29, 1.82) is 0 Å². The summed E-state index contributed by atoms with van der Waals surface area (Å²) in [5, 5.41) is -0.0697. The topological polar surface area (TPSA) is 110 Å². The zero-order chi connectivity index (χ0) is 21.3. The fourth-order valence-corrected chi connectivity index (χ4v) is 2.86. The van der Waals surface area contributed by atoms with Gasteiger partial charge < -0.3 is 23.3 Å². The number of carbonyl (C=O) groups is 3. The average Bonchev–Trinajstić information content (AvgIpc) is 3.45. The van der Waals surface area contributed by atoms with Crippen LogP contribution in [0.25, 0.3) is 10.9 Å². The van der Waals surface area contributed by atoms with E-state index in [1.807, 2.05) is 0 Å². The van der Waals surface area contributed by atoms with Crippen LogP contribution >= 0.6 is 0 Å². The number of nitrogens with zero attached hydrogens (tertiary/aromatic N) is 1. The fourth-order valence-electron chi connectivity index (χ4n) is 2.86. The zero-order valence-electron chi connectivity index (χ0n) is 15.9. The van der Waals surface area contributed by atoms with Crippen LogP contribution < -0.4 is 10.2 Å². The van der Waals surface area contributed by atoms with E-state index in [9.17, 15) is 23.6 Å². The Labute approximate surface area is 164 Å². The SMILES string of the molecule is COc1cc(F)cc2c(=O)c(C(=O)OB(OC(C)=O)OC(C)=O)cn(C3CC3)c12. The molecule has 1 fully saturated rings. The second-order valence-corrected chi connectivity index (χ2v) is 6.43. The van der Waals surface area contributed by atoms with E-state index in [0.717, 1.165) is 38.8 Å². The van der Waals surface area contributed by atoms with Crippen molar-refractivity contribution in [2.75, 3.05) is 7.11 Å². The molecule has 0 radical (unpaired) electrons. The van der Waals surface area contributed by atoms with Gasteiger partial charge in [0.1, 0.15) is 17.1 Å². The van der Waals surface area contributed by atoms with Gasteiger partial charge in [0.25, 0.3) is 11.9 Å². The maximum Gasteiger partial charge on any atom is 0.870 e. The van der Waals surface area contributed by atoms with Crippen molar-refractivity contribution in [2.45, 2.75) is 32.7 Å². The molecule has 0 aliphatic heterocycles. The van der Waals surface area contributed by atoms with Crippen molar-refractivity contribution in [3.8, 4) is 5.75 Å². The zero-order valence-corrected chi connectivity index (χ0v) is 15.9. The van der Waals surface area contributed by atoms with E-state index in [4.69, 9.17) is 9.39 Å². The van der Waals surface area contributed by atoms with Crippen LogP contribution in [0.15, 0.2) is 23.1 Å². The third-order valence-corrected chi connectivity index (χ3v) is 4.16. The smallest absolute Gasteiger partial charge is 0.494 e. The lowest BCUT2D eigenvalue weighted by atomic mass is 10.1. The molecule has 11 heteroatoms. The van der Waals surface area contributed by atoms with Crippen molar-refractivity contribution in [3.05, 3.63) is 39.9 Å². The molecule has 1 aromatic heterocycles. The maximum atomic E-state index is 14.0. The van der Waals surface area contributed by atoms with Crippen molar-refractivity contribution in [2.24, 2.45) is 0 Å². The molecule has 2 aromatic rings. The third-order valence-electron chi connectivity index (χ3n) is 4.16. The van der Waals surface area contributed by atoms with Crippen LogP contribution in [0.1, 0.15) is 43.1 Å². The molecule has 9 nitrogen and oxygen atoms in total. The molecule has 0 spiro atoms. The summed E-state index contributed by atoms with van der Waals surface area (Å²) in [4.78, 5) is 47.7. The lowest BCUT2D eigenvalue weighted by Gasteiger charge is -2.16. The number of aromatic nitrogens is 1. The Morgan fingerprint density at radius 2 is 1.72 bits per heavy atom. The van der Waals surface area contributed by atoms with Crippen molar-refractivity contribution in [1.82, 2.24) is 4.57 Å². The normalized spacial score (nSPS) is 13.0. The predicted molar refractivity (Wildman–Crippen MR) is 97.7 cm³/mol. The molecular weight excluding hydrogens is 388 g/mol. The molecule has 1 aliphatic rings. The van der Waals surface area contributed by atoms with E-state index in [0.29, 0.717) is 5.52 Å². The van der Waals surface area contributed by atoms with Crippen LogP contribution in [0, 0.1) is 5.82 Å². The highest BCUT2D eigenvalue weighted by atomic mass is 19.1. The molecular formula is C18H17BFNO8. The van der Waals surface area contributed by atoms with Gasteiger partial charge in [-0.1, -0.05) is 0 Å². The monoisotopic (exact) mass is 405 g/mol. The minimum Gasteiger partial charge on any atom is -0.494 e. The van der Waals surface area contributed by atoms with Gasteiger partial charge in [-0.15, -0.1) is 0 Å². The van der Waals surface area contributed by atoms with Gasteiger partial charge in [-0.3, -0.25) is 14.4 Å². The summed E-state index contributed by atoms with van der Waals surface area (Å²) in [7, 11) is -0.607. The van der Waals surface area contributed by atoms with Gasteiger partial charge in [0.2, 0.25) is 5.43 Å². The second kappa shape index (κ2) is 7.94. The van der Waals surface area contributed by atoms with Crippen LogP contribution in [0.4, 0.5) is 4.39 Å². The summed E-state index contributed by atoms with van der Waals surface area (Å²) in [5.41, 5.74) is -0.875. The summed E-state index contributed by atoms with van der Waals surface area (Å²) in [5.74, 6) is -3.49. The highest BCUT2D eigenvalue weighted by molar-refractivity contribution is 6.44. The van der Waals surface area contributed by atoms with Gasteiger partial charge in [-0.25, -0.2) is 9.18 Å². The quantitative estimate of drug-likeness (QED) is 0.669. The van der Waals surface area contributed by atoms with Crippen LogP contribution in [0.3, 0.4) is 0 Å². The van der Waals surface area contributed by atoms with Crippen molar-refractivity contribution in [3.63, 3.8) is 0 Å². The van der Waals surface area contributed by atoms with Crippen LogP contribution in [-0.2, 0) is 23.6 Å². The van der Waals surface area contributed by atoms with E-state index >= 15 is 0 Å². The van der Waals surface area contributed by atoms with E-state index in [2.05, 4.69) is 9.31 Å². The lowest BCUT2D eigenvalue weighted by molar-refractivity contribution is -0.139. The average molecular weight is 405 g/mol. The molecule has 0 amide bonds. The lowest BCUT2D eigenvalue weighted by Crippen LogP contribution is -2.35. The molecule has 3 rings (SSSR count). The number of methoxy groups -OCH3 is 1. The first-order chi connectivity index (χ1) is 13.7. The molecule has 0 saturated heterocycles. The molecule has 1 saturated carbocycles. The first-order valence-electron chi connectivity index (χ1n) is 8.69. The number of hydrogen-bond acceptors (Lipinski definition) is 8. The van der Waals surface area contributed by atoms with E-state index < -0.39 is 42.0 Å². The standard InChI is InChI=1S/C18H17BFNO8/c1-9(22)27-19(28-10(2)23)29-18(25)14-8-21(12-4-5-12)16-13(17(14)24)6-11(20)7-15(16)26-3/h6-8,12H,4-5H2,1-3H3. The maximum absolute atomic E-state index is 14.0. The Balaban J connectivity index is 2.08. The number of hydrogen-bond donors (Lipinski definition) is 0. The molecule has 0 N–H and O–H groups in total. The molecule has 1 aliphatic carbocycles. The number of ether oxygens (including phenoxy) is 1. The van der Waals surface area contributed by atoms with Crippen molar-refractivity contribution < 1.29 is 37.5 Å². The number of carbonyl (C=O) groups excluding carboxylic acids is 3. The second-order valence-electron chi connectivity index (χ2n) is 6.43. The highest BCUT2D eigenvalue weighted by Gasteiger charge is 2.36. The first kappa shape index (κ1) is 20.4. The minimum absolute atomic E-state index is 0.00162. The van der Waals surface area contributed by atoms with E-state index in [1.54, 1.807) is 4.57 Å². The summed E-state index contributed by atoms with van der Waals surface area (Å²) in [6.07, 6.45) is 2.89. The number of halogens is 1. The molecule has 1 heterocycles. The van der Waals surface area contributed by atoms with E-state index in [1.165, 1.54) is 13.3 Å². The van der Waals surface area contributed by atoms with Gasteiger partial charge in [0, 0.05) is 32.2 Å². The summed E-state index contributed by atoms with van der Waals surface area (Å²) >= 11 is 0. The minimum atomic E-state index is -1.95. The first-order valence-corrected chi connectivity index (χ1v) is 8.69. The number of pyridine rings is 1. The van der Waals surface area contributed by atoms with Crippen molar-refractivity contribution >= 4 is 36.1 Å². The predicted octanol–water partition coefficient (Wildman–Crippen LogP) is 1.75. The molecule has 0 unspecified atom stereocenters. The van der Waals surface area contributed by atoms with E-state index in [-0.39, 0.29) is 17.2 Å². The molecule has 29 heavy (non-hydrogen) atoms. The Morgan fingerprint density at radius 3 is 2.24 bits per heavy atom. The van der Waals surface area contributed by atoms with Crippen LogP contribution in [0.5, 0.6) is 5.75 Å². The third kappa shape index (κ3) is 4.39. The summed E-state index contributed by atoms with van der Waals surface area (Å²) in [6.45, 7) is 2.05. The molecule has 152 valence electrons. The summed E-state index contributed by atoms with van der Waals surface area (Å²) in [6, 6.07) is 2.16. The molecule has 1 aromatic carbocycles. The largest absolute Gasteiger partial charge is 0.870 e. The number of benzene rings is 1. The summed E-state index contributed by atoms with van der Waals surface area (Å²) < 4.78 is 34.9. The molecule has 0 atom stereocenters. The Morgan fingerprint density at radius 1 is 1.10 bits per heavy atom. The van der Waals surface area contributed by atoms with Gasteiger partial charge in [0.15, 0.2) is 0 Å². The number of fused-ring (bicyclic) bond motifs is 1. The van der Waals surface area contributed by atoms with Gasteiger partial charge in [0.05, 0.1) is 18.0 Å². The fraction of sp³-hybridized carbons (Fsp3) is 0.333. The highest BCUT2D eigenvalue weighted by Crippen LogP contribution is 2.39. The Bertz CT molecular complexity index is 1050. The van der Waals surface area contributed by atoms with Gasteiger partial charge in [-0.05, 0) is 18.9 Å². The number of rotatable bonds is 6. The van der Waals surface area contributed by atoms with Crippen LogP contribution in [0.2, 0.25) is 0 Å². The van der Waals surface area contributed by atoms with Crippen LogP contribution in [-0.4, -0.2) is 36.9 Å². The molecule has 0 bridgehead atoms. The Hall–Kier alpha value is -3.37. The van der Waals surface area contributed by atoms with Gasteiger partial charge >= 0.3 is 13.3 Å². The Kier molecular flexibility index (Phi) is 5.58.